The highest BCUT2D eigenvalue weighted by molar-refractivity contribution is 4.94. The second kappa shape index (κ2) is 9.81. The summed E-state index contributed by atoms with van der Waals surface area (Å²) in [6.07, 6.45) is 11.3. The zero-order chi connectivity index (χ0) is 14.9. The molecular weight excluding hydrogens is 258 g/mol. The van der Waals surface area contributed by atoms with Crippen LogP contribution in [0.15, 0.2) is 0 Å². The van der Waals surface area contributed by atoms with Gasteiger partial charge >= 0.3 is 0 Å². The number of hydrogen-bond acceptors (Lipinski definition) is 3. The summed E-state index contributed by atoms with van der Waals surface area (Å²) in [6.45, 7) is 12.2. The van der Waals surface area contributed by atoms with Crippen molar-refractivity contribution < 1.29 is 0 Å². The molecule has 3 aliphatic rings. The van der Waals surface area contributed by atoms with Crippen LogP contribution in [0.3, 0.4) is 0 Å². The Morgan fingerprint density at radius 3 is 2.14 bits per heavy atom. The third kappa shape index (κ3) is 5.54. The fourth-order valence-electron chi connectivity index (χ4n) is 4.05. The quantitative estimate of drug-likeness (QED) is 0.591. The van der Waals surface area contributed by atoms with Gasteiger partial charge in [0.2, 0.25) is 0 Å². The number of hydrogen-bond donors (Lipinski definition) is 1. The average Bonchev–Trinajstić information content (AvgIpc) is 2.54. The number of nitrogens with one attached hydrogen (secondary N) is 1. The van der Waals surface area contributed by atoms with Crippen molar-refractivity contribution in [2.24, 2.45) is 0 Å². The van der Waals surface area contributed by atoms with Gasteiger partial charge in [-0.1, -0.05) is 58.8 Å². The van der Waals surface area contributed by atoms with Crippen LogP contribution in [0.25, 0.3) is 0 Å². The minimum absolute atomic E-state index is 0.716. The summed E-state index contributed by atoms with van der Waals surface area (Å²) in [6, 6.07) is 1.49. The third-order valence-electron chi connectivity index (χ3n) is 5.37. The smallest absolute Gasteiger partial charge is 0.0377 e. The summed E-state index contributed by atoms with van der Waals surface area (Å²) in [4.78, 5) is 5.41. The van der Waals surface area contributed by atoms with Crippen molar-refractivity contribution in [3.05, 3.63) is 0 Å². The molecule has 0 radical (unpaired) electrons. The van der Waals surface area contributed by atoms with Gasteiger partial charge in [-0.05, 0) is 13.0 Å². The van der Waals surface area contributed by atoms with E-state index in [0.29, 0.717) is 6.04 Å². The summed E-state index contributed by atoms with van der Waals surface area (Å²) in [7, 11) is 0. The number of likely N-dealkylation sites (N-methyl/N-ethyl adjacent to an activating group) is 1. The van der Waals surface area contributed by atoms with E-state index in [-0.39, 0.29) is 0 Å². The Labute approximate surface area is 132 Å². The first kappa shape index (κ1) is 17.2. The Kier molecular flexibility index (Phi) is 8.05. The van der Waals surface area contributed by atoms with Crippen molar-refractivity contribution in [1.82, 2.24) is 15.1 Å². The highest BCUT2D eigenvalue weighted by Crippen LogP contribution is 2.21. The SMILES string of the molecule is CCCCCCCCCC(NCC)C1CN2CCN1CC2. The van der Waals surface area contributed by atoms with Crippen LogP contribution < -0.4 is 5.32 Å². The minimum atomic E-state index is 0.716. The Morgan fingerprint density at radius 1 is 0.905 bits per heavy atom. The van der Waals surface area contributed by atoms with E-state index >= 15 is 0 Å². The predicted octanol–water partition coefficient (Wildman–Crippen LogP) is 3.11. The lowest BCUT2D eigenvalue weighted by Gasteiger charge is -2.50. The molecule has 124 valence electrons. The molecule has 0 aromatic carbocycles. The van der Waals surface area contributed by atoms with Crippen LogP contribution in [-0.2, 0) is 0 Å². The fourth-order valence-corrected chi connectivity index (χ4v) is 4.05. The van der Waals surface area contributed by atoms with Crippen molar-refractivity contribution in [3.8, 4) is 0 Å². The molecule has 3 aliphatic heterocycles. The molecule has 3 heteroatoms. The fraction of sp³-hybridized carbons (Fsp3) is 1.00. The van der Waals surface area contributed by atoms with Crippen molar-refractivity contribution in [3.63, 3.8) is 0 Å². The molecule has 0 aliphatic carbocycles. The van der Waals surface area contributed by atoms with E-state index in [1.54, 1.807) is 0 Å². The molecule has 3 heterocycles. The Bertz CT molecular complexity index is 261. The predicted molar refractivity (Wildman–Crippen MR) is 91.9 cm³/mol. The second-order valence-electron chi connectivity index (χ2n) is 6.98. The van der Waals surface area contributed by atoms with E-state index in [0.717, 1.165) is 12.6 Å². The average molecular weight is 296 g/mol. The molecule has 21 heavy (non-hydrogen) atoms. The first-order valence-corrected chi connectivity index (χ1v) is 9.55. The van der Waals surface area contributed by atoms with Gasteiger partial charge in [-0.2, -0.15) is 0 Å². The van der Waals surface area contributed by atoms with E-state index in [9.17, 15) is 0 Å². The topological polar surface area (TPSA) is 18.5 Å². The molecule has 3 fully saturated rings. The number of fused-ring (bicyclic) bond motifs is 3. The van der Waals surface area contributed by atoms with E-state index in [1.165, 1.54) is 84.1 Å². The molecule has 0 saturated carbocycles. The number of piperazine rings is 3. The standard InChI is InChI=1S/C18H37N3/c1-3-5-6-7-8-9-10-11-17(19-4-2)18-16-20-12-14-21(18)15-13-20/h17-19H,3-16H2,1-2H3. The molecule has 3 nitrogen and oxygen atoms in total. The number of rotatable bonds is 11. The first-order chi connectivity index (χ1) is 10.3. The molecule has 3 rings (SSSR count). The molecule has 3 saturated heterocycles. The summed E-state index contributed by atoms with van der Waals surface area (Å²) in [5.41, 5.74) is 0. The monoisotopic (exact) mass is 295 g/mol. The van der Waals surface area contributed by atoms with Crippen LogP contribution in [-0.4, -0.2) is 61.2 Å². The van der Waals surface area contributed by atoms with Gasteiger partial charge in [0.15, 0.2) is 0 Å². The molecule has 0 amide bonds. The van der Waals surface area contributed by atoms with Crippen molar-refractivity contribution >= 4 is 0 Å². The maximum absolute atomic E-state index is 3.78. The van der Waals surface area contributed by atoms with Gasteiger partial charge in [0.25, 0.3) is 0 Å². The van der Waals surface area contributed by atoms with E-state index < -0.39 is 0 Å². The molecule has 2 unspecified atom stereocenters. The lowest BCUT2D eigenvalue weighted by molar-refractivity contribution is -0.00457. The molecule has 2 atom stereocenters. The number of unbranched alkanes of at least 4 members (excludes halogenated alkanes) is 6. The highest BCUT2D eigenvalue weighted by atomic mass is 15.4. The maximum atomic E-state index is 3.78. The van der Waals surface area contributed by atoms with Gasteiger partial charge in [-0.15, -0.1) is 0 Å². The molecule has 2 bridgehead atoms. The normalized spacial score (nSPS) is 29.7. The van der Waals surface area contributed by atoms with E-state index in [2.05, 4.69) is 29.0 Å². The first-order valence-electron chi connectivity index (χ1n) is 9.55. The maximum Gasteiger partial charge on any atom is 0.0377 e. The van der Waals surface area contributed by atoms with Crippen molar-refractivity contribution in [2.45, 2.75) is 77.3 Å². The van der Waals surface area contributed by atoms with Gasteiger partial charge in [0.05, 0.1) is 0 Å². The van der Waals surface area contributed by atoms with Gasteiger partial charge in [0, 0.05) is 44.8 Å². The van der Waals surface area contributed by atoms with Crippen LogP contribution in [0, 0.1) is 0 Å². The summed E-state index contributed by atoms with van der Waals surface area (Å²) in [5, 5.41) is 3.78. The lowest BCUT2D eigenvalue weighted by atomic mass is 9.95. The summed E-state index contributed by atoms with van der Waals surface area (Å²) >= 11 is 0. The minimum Gasteiger partial charge on any atom is -0.313 e. The Balaban J connectivity index is 1.65. The van der Waals surface area contributed by atoms with Gasteiger partial charge in [0.1, 0.15) is 0 Å². The summed E-state index contributed by atoms with van der Waals surface area (Å²) < 4.78 is 0. The zero-order valence-corrected chi connectivity index (χ0v) is 14.4. The van der Waals surface area contributed by atoms with Gasteiger partial charge in [-0.3, -0.25) is 9.80 Å². The molecule has 0 aromatic rings. The Hall–Kier alpha value is -0.120. The van der Waals surface area contributed by atoms with E-state index in [4.69, 9.17) is 0 Å². The van der Waals surface area contributed by atoms with Gasteiger partial charge < -0.3 is 5.32 Å². The molecule has 1 N–H and O–H groups in total. The van der Waals surface area contributed by atoms with Crippen LogP contribution in [0.4, 0.5) is 0 Å². The largest absolute Gasteiger partial charge is 0.313 e. The van der Waals surface area contributed by atoms with E-state index in [1.807, 2.05) is 0 Å². The van der Waals surface area contributed by atoms with Crippen LogP contribution in [0.2, 0.25) is 0 Å². The van der Waals surface area contributed by atoms with Crippen molar-refractivity contribution in [2.75, 3.05) is 39.3 Å². The zero-order valence-electron chi connectivity index (χ0n) is 14.4. The van der Waals surface area contributed by atoms with Crippen LogP contribution in [0.1, 0.15) is 65.2 Å². The number of nitrogens with zero attached hydrogens (tertiary/aromatic N) is 2. The van der Waals surface area contributed by atoms with Crippen molar-refractivity contribution in [1.29, 1.82) is 0 Å². The lowest BCUT2D eigenvalue weighted by Crippen LogP contribution is -2.66. The van der Waals surface area contributed by atoms with Crippen LogP contribution in [0.5, 0.6) is 0 Å². The van der Waals surface area contributed by atoms with Crippen LogP contribution >= 0.6 is 0 Å². The molecule has 0 spiro atoms. The highest BCUT2D eigenvalue weighted by Gasteiger charge is 2.35. The second-order valence-corrected chi connectivity index (χ2v) is 6.98. The molecular formula is C18H37N3. The Morgan fingerprint density at radius 2 is 1.57 bits per heavy atom. The molecule has 0 aromatic heterocycles. The summed E-state index contributed by atoms with van der Waals surface area (Å²) in [5.74, 6) is 0. The van der Waals surface area contributed by atoms with Gasteiger partial charge in [-0.25, -0.2) is 0 Å². The third-order valence-corrected chi connectivity index (χ3v) is 5.37.